The van der Waals surface area contributed by atoms with Crippen LogP contribution in [0.2, 0.25) is 0 Å². The zero-order valence-corrected chi connectivity index (χ0v) is 16.8. The second-order valence-corrected chi connectivity index (χ2v) is 9.25. The maximum atomic E-state index is 13.4. The highest BCUT2D eigenvalue weighted by Crippen LogP contribution is 2.74. The van der Waals surface area contributed by atoms with Crippen LogP contribution in [-0.2, 0) is 11.3 Å². The highest BCUT2D eigenvalue weighted by atomic mass is 19.1. The fraction of sp³-hybridized carbons (Fsp3) is 0.333. The molecule has 7 heteroatoms. The van der Waals surface area contributed by atoms with Crippen molar-refractivity contribution in [2.24, 2.45) is 15.9 Å². The maximum absolute atomic E-state index is 13.4. The smallest absolute Gasteiger partial charge is 0.249 e. The molecule has 3 aliphatic carbocycles. The second-order valence-electron chi connectivity index (χ2n) is 9.25. The van der Waals surface area contributed by atoms with E-state index in [4.69, 9.17) is 5.26 Å². The van der Waals surface area contributed by atoms with E-state index < -0.39 is 0 Å². The molecule has 1 aliphatic heterocycles. The first-order chi connectivity index (χ1) is 15.0. The number of nitrogens with zero attached hydrogens (tertiary/aromatic N) is 5. The molecule has 0 spiro atoms. The van der Waals surface area contributed by atoms with Crippen molar-refractivity contribution in [3.63, 3.8) is 0 Å². The fourth-order valence-electron chi connectivity index (χ4n) is 5.81. The molecule has 0 N–H and O–H groups in total. The lowest BCUT2D eigenvalue weighted by molar-refractivity contribution is -0.223. The predicted molar refractivity (Wildman–Crippen MR) is 112 cm³/mol. The normalized spacial score (nSPS) is 28.3. The van der Waals surface area contributed by atoms with Gasteiger partial charge in [-0.15, -0.1) is 0 Å². The van der Waals surface area contributed by atoms with Crippen LogP contribution in [0.5, 0.6) is 0 Å². The van der Waals surface area contributed by atoms with Crippen LogP contribution in [0.25, 0.3) is 10.9 Å². The molecule has 1 amide bonds. The zero-order valence-electron chi connectivity index (χ0n) is 16.8. The van der Waals surface area contributed by atoms with Crippen molar-refractivity contribution in [2.75, 3.05) is 0 Å². The number of carbonyl (C=O) groups excluding carboxylic acids is 1. The average molecular weight is 413 g/mol. The van der Waals surface area contributed by atoms with Crippen molar-refractivity contribution in [3.05, 3.63) is 65.6 Å². The molecule has 3 saturated carbocycles. The molecule has 3 aromatic rings. The molecule has 7 rings (SSSR count). The molecule has 2 bridgehead atoms. The lowest BCUT2D eigenvalue weighted by Crippen LogP contribution is -2.68. The summed E-state index contributed by atoms with van der Waals surface area (Å²) < 4.78 is 15.3. The van der Waals surface area contributed by atoms with Crippen LogP contribution < -0.4 is 0 Å². The highest BCUT2D eigenvalue weighted by Gasteiger charge is 2.72. The predicted octanol–water partition coefficient (Wildman–Crippen LogP) is 4.18. The molecular formula is C24H20FN5O. The van der Waals surface area contributed by atoms with E-state index in [1.165, 1.54) is 12.1 Å². The van der Waals surface area contributed by atoms with Gasteiger partial charge in [-0.2, -0.15) is 15.5 Å². The molecule has 1 aromatic heterocycles. The third kappa shape index (κ3) is 2.64. The van der Waals surface area contributed by atoms with Crippen molar-refractivity contribution < 1.29 is 9.18 Å². The SMILES string of the molecule is N#Cc1ccc2c(cnn2CC23CC(C(=O)N4N=CCC4c4ccc(F)cc4)(C2)C3)c1. The monoisotopic (exact) mass is 413 g/mol. The van der Waals surface area contributed by atoms with Gasteiger partial charge >= 0.3 is 0 Å². The van der Waals surface area contributed by atoms with Gasteiger partial charge < -0.3 is 0 Å². The topological polar surface area (TPSA) is 74.3 Å². The number of aromatic nitrogens is 2. The standard InChI is InChI=1S/C24H20FN5O/c25-19-4-2-17(3-5-19)21-7-8-27-30(21)22(31)24-12-23(13-24,14-24)15-29-20-6-1-16(10-26)9-18(20)11-28-29/h1-6,8-9,11,21H,7,12-15H2. The van der Waals surface area contributed by atoms with Gasteiger partial charge in [0, 0.05) is 24.6 Å². The summed E-state index contributed by atoms with van der Waals surface area (Å²) in [6.45, 7) is 0.780. The number of fused-ring (bicyclic) bond motifs is 1. The third-order valence-electron chi connectivity index (χ3n) is 7.14. The highest BCUT2D eigenvalue weighted by molar-refractivity contribution is 5.88. The quantitative estimate of drug-likeness (QED) is 0.644. The molecule has 2 aromatic carbocycles. The van der Waals surface area contributed by atoms with E-state index in [0.29, 0.717) is 12.0 Å². The third-order valence-corrected chi connectivity index (χ3v) is 7.14. The first-order valence-electron chi connectivity index (χ1n) is 10.5. The van der Waals surface area contributed by atoms with Crippen LogP contribution >= 0.6 is 0 Å². The van der Waals surface area contributed by atoms with E-state index in [1.54, 1.807) is 29.6 Å². The fourth-order valence-corrected chi connectivity index (χ4v) is 5.81. The summed E-state index contributed by atoms with van der Waals surface area (Å²) in [5.41, 5.74) is 2.34. The molecule has 4 aliphatic rings. The Hall–Kier alpha value is -3.53. The average Bonchev–Trinajstić information content (AvgIpc) is 3.36. The molecule has 2 heterocycles. The molecular weight excluding hydrogens is 393 g/mol. The van der Waals surface area contributed by atoms with Gasteiger partial charge in [-0.1, -0.05) is 12.1 Å². The molecule has 1 unspecified atom stereocenters. The van der Waals surface area contributed by atoms with Gasteiger partial charge in [0.25, 0.3) is 0 Å². The van der Waals surface area contributed by atoms with E-state index in [-0.39, 0.29) is 28.6 Å². The number of hydrogen-bond acceptors (Lipinski definition) is 4. The Morgan fingerprint density at radius 1 is 1.19 bits per heavy atom. The number of hydrazone groups is 1. The summed E-state index contributed by atoms with van der Waals surface area (Å²) in [7, 11) is 0. The Morgan fingerprint density at radius 3 is 2.71 bits per heavy atom. The number of halogens is 1. The summed E-state index contributed by atoms with van der Waals surface area (Å²) in [6, 6.07) is 14.0. The van der Waals surface area contributed by atoms with E-state index in [2.05, 4.69) is 16.3 Å². The van der Waals surface area contributed by atoms with Gasteiger partial charge in [-0.25, -0.2) is 9.40 Å². The Kier molecular flexibility index (Phi) is 3.67. The van der Waals surface area contributed by atoms with Gasteiger partial charge in [0.2, 0.25) is 5.91 Å². The molecule has 0 saturated heterocycles. The van der Waals surface area contributed by atoms with Crippen LogP contribution in [-0.4, -0.2) is 26.9 Å². The van der Waals surface area contributed by atoms with Crippen molar-refractivity contribution in [2.45, 2.75) is 38.3 Å². The molecule has 31 heavy (non-hydrogen) atoms. The van der Waals surface area contributed by atoms with Crippen LogP contribution in [0.3, 0.4) is 0 Å². The van der Waals surface area contributed by atoms with E-state index in [0.717, 1.165) is 42.3 Å². The maximum Gasteiger partial charge on any atom is 0.249 e. The number of nitriles is 1. The molecule has 6 nitrogen and oxygen atoms in total. The van der Waals surface area contributed by atoms with Crippen molar-refractivity contribution in [1.82, 2.24) is 14.8 Å². The van der Waals surface area contributed by atoms with Crippen LogP contribution in [0.1, 0.15) is 42.9 Å². The van der Waals surface area contributed by atoms with Crippen molar-refractivity contribution in [3.8, 4) is 6.07 Å². The largest absolute Gasteiger partial charge is 0.272 e. The van der Waals surface area contributed by atoms with Gasteiger partial charge in [-0.05, 0) is 60.6 Å². The second kappa shape index (κ2) is 6.24. The summed E-state index contributed by atoms with van der Waals surface area (Å²) in [5, 5.41) is 20.5. The van der Waals surface area contributed by atoms with Crippen molar-refractivity contribution >= 4 is 23.0 Å². The van der Waals surface area contributed by atoms with Crippen LogP contribution in [0.15, 0.2) is 53.8 Å². The number of carbonyl (C=O) groups is 1. The Balaban J connectivity index is 1.16. The molecule has 154 valence electrons. The number of benzene rings is 2. The van der Waals surface area contributed by atoms with Crippen molar-refractivity contribution in [1.29, 1.82) is 5.26 Å². The van der Waals surface area contributed by atoms with Crippen LogP contribution in [0, 0.1) is 28.0 Å². The minimum Gasteiger partial charge on any atom is -0.272 e. The van der Waals surface area contributed by atoms with Gasteiger partial charge in [0.15, 0.2) is 0 Å². The van der Waals surface area contributed by atoms with E-state index in [1.807, 2.05) is 22.9 Å². The molecule has 1 atom stereocenters. The van der Waals surface area contributed by atoms with E-state index in [9.17, 15) is 9.18 Å². The van der Waals surface area contributed by atoms with Crippen LogP contribution in [0.4, 0.5) is 4.39 Å². The summed E-state index contributed by atoms with van der Waals surface area (Å²) in [6.07, 6.45) is 6.77. The Bertz CT molecular complexity index is 1270. The number of amides is 1. The van der Waals surface area contributed by atoms with Gasteiger partial charge in [0.1, 0.15) is 5.82 Å². The lowest BCUT2D eigenvalue weighted by atomic mass is 9.34. The Morgan fingerprint density at radius 2 is 1.97 bits per heavy atom. The lowest BCUT2D eigenvalue weighted by Gasteiger charge is -2.69. The molecule has 3 fully saturated rings. The first-order valence-corrected chi connectivity index (χ1v) is 10.5. The van der Waals surface area contributed by atoms with Gasteiger partial charge in [-0.3, -0.25) is 9.48 Å². The number of rotatable bonds is 4. The number of hydrogen-bond donors (Lipinski definition) is 0. The minimum atomic E-state index is -0.323. The Labute approximate surface area is 178 Å². The summed E-state index contributed by atoms with van der Waals surface area (Å²) >= 11 is 0. The summed E-state index contributed by atoms with van der Waals surface area (Å²) in [4.78, 5) is 13.4. The first kappa shape index (κ1) is 18.3. The minimum absolute atomic E-state index is 0.0847. The van der Waals surface area contributed by atoms with E-state index >= 15 is 0 Å². The summed E-state index contributed by atoms with van der Waals surface area (Å²) in [5.74, 6) is -0.196. The van der Waals surface area contributed by atoms with Gasteiger partial charge in [0.05, 0.1) is 34.8 Å². The zero-order chi connectivity index (χ0) is 21.2. The molecule has 0 radical (unpaired) electrons.